The molecule has 3 aromatic heterocycles. The van der Waals surface area contributed by atoms with Gasteiger partial charge in [-0.15, -0.1) is 0 Å². The fraction of sp³-hybridized carbons (Fsp3) is 0.190. The zero-order valence-corrected chi connectivity index (χ0v) is 17.5. The molecule has 0 unspecified atom stereocenters. The predicted octanol–water partition coefficient (Wildman–Crippen LogP) is 4.82. The number of hydrogen-bond acceptors (Lipinski definition) is 4. The molecule has 3 heterocycles. The third-order valence-electron chi connectivity index (χ3n) is 4.65. The second-order valence-electron chi connectivity index (χ2n) is 7.03. The summed E-state index contributed by atoms with van der Waals surface area (Å²) < 4.78 is 46.3. The van der Waals surface area contributed by atoms with Crippen molar-refractivity contribution in [3.63, 3.8) is 0 Å². The van der Waals surface area contributed by atoms with E-state index in [2.05, 4.69) is 10.1 Å². The van der Waals surface area contributed by atoms with Gasteiger partial charge in [0.05, 0.1) is 18.5 Å². The summed E-state index contributed by atoms with van der Waals surface area (Å²) in [5.74, 6) is 0.128. The smallest absolute Gasteiger partial charge is 0.406 e. The summed E-state index contributed by atoms with van der Waals surface area (Å²) in [5, 5.41) is 4.96. The predicted molar refractivity (Wildman–Crippen MR) is 110 cm³/mol. The maximum atomic E-state index is 13.0. The van der Waals surface area contributed by atoms with E-state index in [0.717, 1.165) is 4.57 Å². The monoisotopic (exact) mass is 463 g/mol. The minimum Gasteiger partial charge on any atom is -0.463 e. The van der Waals surface area contributed by atoms with Gasteiger partial charge in [-0.3, -0.25) is 4.79 Å². The number of carbonyl (C=O) groups excluding carboxylic acids is 1. The van der Waals surface area contributed by atoms with Gasteiger partial charge in [0.15, 0.2) is 11.5 Å². The molecule has 0 saturated carbocycles. The molecule has 11 heteroatoms. The van der Waals surface area contributed by atoms with Gasteiger partial charge in [-0.1, -0.05) is 11.6 Å². The van der Waals surface area contributed by atoms with Crippen LogP contribution in [0.2, 0.25) is 5.02 Å². The van der Waals surface area contributed by atoms with E-state index in [-0.39, 0.29) is 18.1 Å². The lowest BCUT2D eigenvalue weighted by molar-refractivity contribution is -0.141. The number of carbonyl (C=O) groups is 1. The third-order valence-corrected chi connectivity index (χ3v) is 4.90. The number of amides is 1. The SMILES string of the molecule is CN(Cc1nccn1CC(F)(F)F)C(=O)c1cc(-c2ccco2)n(-c2ccc(Cl)cc2)n1. The van der Waals surface area contributed by atoms with Crippen LogP contribution in [0.3, 0.4) is 0 Å². The topological polar surface area (TPSA) is 69.1 Å². The highest BCUT2D eigenvalue weighted by Crippen LogP contribution is 2.26. The maximum absolute atomic E-state index is 13.0. The van der Waals surface area contributed by atoms with Crippen LogP contribution < -0.4 is 0 Å². The van der Waals surface area contributed by atoms with Crippen LogP contribution in [0.15, 0.2) is 65.5 Å². The van der Waals surface area contributed by atoms with Crippen molar-refractivity contribution in [2.75, 3.05) is 7.05 Å². The van der Waals surface area contributed by atoms with Crippen molar-refractivity contribution in [1.82, 2.24) is 24.2 Å². The number of nitrogens with zero attached hydrogens (tertiary/aromatic N) is 5. The molecular weight excluding hydrogens is 447 g/mol. The van der Waals surface area contributed by atoms with E-state index in [0.29, 0.717) is 22.2 Å². The van der Waals surface area contributed by atoms with E-state index in [1.165, 1.54) is 30.6 Å². The van der Waals surface area contributed by atoms with Gasteiger partial charge in [0, 0.05) is 30.5 Å². The van der Waals surface area contributed by atoms with Crippen molar-refractivity contribution in [1.29, 1.82) is 0 Å². The second-order valence-corrected chi connectivity index (χ2v) is 7.46. The van der Waals surface area contributed by atoms with Crippen LogP contribution in [-0.2, 0) is 13.1 Å². The van der Waals surface area contributed by atoms with Gasteiger partial charge in [-0.2, -0.15) is 18.3 Å². The molecule has 0 spiro atoms. The van der Waals surface area contributed by atoms with E-state index in [9.17, 15) is 18.0 Å². The molecule has 1 aromatic carbocycles. The summed E-state index contributed by atoms with van der Waals surface area (Å²) >= 11 is 5.97. The van der Waals surface area contributed by atoms with Crippen LogP contribution >= 0.6 is 11.6 Å². The van der Waals surface area contributed by atoms with Crippen molar-refractivity contribution in [2.24, 2.45) is 0 Å². The molecule has 0 aliphatic rings. The maximum Gasteiger partial charge on any atom is 0.406 e. The molecule has 0 N–H and O–H groups in total. The van der Waals surface area contributed by atoms with Crippen LogP contribution in [0.25, 0.3) is 17.1 Å². The molecule has 4 aromatic rings. The van der Waals surface area contributed by atoms with Gasteiger partial charge in [0.25, 0.3) is 5.91 Å². The van der Waals surface area contributed by atoms with Crippen LogP contribution in [0.1, 0.15) is 16.3 Å². The average Bonchev–Trinajstić information content (AvgIpc) is 3.48. The van der Waals surface area contributed by atoms with Gasteiger partial charge < -0.3 is 13.9 Å². The minimum absolute atomic E-state index is 0.0998. The Bertz CT molecular complexity index is 1210. The molecular formula is C21H17ClF3N5O2. The molecule has 0 atom stereocenters. The Morgan fingerprint density at radius 2 is 1.97 bits per heavy atom. The van der Waals surface area contributed by atoms with Crippen molar-refractivity contribution in [2.45, 2.75) is 19.3 Å². The first-order chi connectivity index (χ1) is 15.2. The highest BCUT2D eigenvalue weighted by molar-refractivity contribution is 6.30. The van der Waals surface area contributed by atoms with E-state index >= 15 is 0 Å². The molecule has 0 bridgehead atoms. The number of hydrogen-bond donors (Lipinski definition) is 0. The van der Waals surface area contributed by atoms with Gasteiger partial charge in [0.2, 0.25) is 0 Å². The molecule has 1 amide bonds. The molecule has 7 nitrogen and oxygen atoms in total. The first kappa shape index (κ1) is 21.7. The summed E-state index contributed by atoms with van der Waals surface area (Å²) in [4.78, 5) is 18.2. The zero-order chi connectivity index (χ0) is 22.9. The highest BCUT2D eigenvalue weighted by Gasteiger charge is 2.29. The third kappa shape index (κ3) is 4.70. The van der Waals surface area contributed by atoms with Gasteiger partial charge in [-0.05, 0) is 36.4 Å². The fourth-order valence-electron chi connectivity index (χ4n) is 3.17. The van der Waals surface area contributed by atoms with Crippen LogP contribution in [0.4, 0.5) is 13.2 Å². The van der Waals surface area contributed by atoms with Crippen molar-refractivity contribution >= 4 is 17.5 Å². The normalized spacial score (nSPS) is 11.7. The van der Waals surface area contributed by atoms with Crippen molar-refractivity contribution in [3.05, 3.63) is 77.7 Å². The number of alkyl halides is 3. The average molecular weight is 464 g/mol. The Kier molecular flexibility index (Phi) is 5.79. The van der Waals surface area contributed by atoms with Crippen LogP contribution in [-0.4, -0.2) is 43.4 Å². The van der Waals surface area contributed by atoms with E-state index in [1.807, 2.05) is 0 Å². The lowest BCUT2D eigenvalue weighted by Gasteiger charge is -2.17. The van der Waals surface area contributed by atoms with E-state index in [1.54, 1.807) is 47.1 Å². The van der Waals surface area contributed by atoms with Gasteiger partial charge in [-0.25, -0.2) is 9.67 Å². The lowest BCUT2D eigenvalue weighted by atomic mass is 10.2. The molecule has 166 valence electrons. The fourth-order valence-corrected chi connectivity index (χ4v) is 3.30. The van der Waals surface area contributed by atoms with Gasteiger partial charge >= 0.3 is 6.18 Å². The van der Waals surface area contributed by atoms with Gasteiger partial charge in [0.1, 0.15) is 18.1 Å². The molecule has 0 aliphatic heterocycles. The standard InChI is InChI=1S/C21H17ClF3N5O2/c1-28(12-19-26-8-9-29(19)13-21(23,24)25)20(31)16-11-17(18-3-2-10-32-18)30(27-16)15-6-4-14(22)5-7-15/h2-11H,12-13H2,1H3. The number of aromatic nitrogens is 4. The van der Waals surface area contributed by atoms with Crippen molar-refractivity contribution < 1.29 is 22.4 Å². The lowest BCUT2D eigenvalue weighted by Crippen LogP contribution is -2.29. The van der Waals surface area contributed by atoms with Crippen molar-refractivity contribution in [3.8, 4) is 17.1 Å². The summed E-state index contributed by atoms with van der Waals surface area (Å²) in [5.41, 5.74) is 1.29. The summed E-state index contributed by atoms with van der Waals surface area (Å²) in [6.07, 6.45) is -0.398. The summed E-state index contributed by atoms with van der Waals surface area (Å²) in [7, 11) is 1.48. The first-order valence-corrected chi connectivity index (χ1v) is 9.81. The minimum atomic E-state index is -4.40. The van der Waals surface area contributed by atoms with E-state index < -0.39 is 18.6 Å². The zero-order valence-electron chi connectivity index (χ0n) is 16.8. The number of rotatable bonds is 6. The molecule has 0 aliphatic carbocycles. The number of halogens is 4. The first-order valence-electron chi connectivity index (χ1n) is 9.43. The van der Waals surface area contributed by atoms with Crippen LogP contribution in [0, 0.1) is 0 Å². The quantitative estimate of drug-likeness (QED) is 0.411. The highest BCUT2D eigenvalue weighted by atomic mass is 35.5. The number of benzene rings is 1. The summed E-state index contributed by atoms with van der Waals surface area (Å²) in [6.45, 7) is -1.30. The molecule has 32 heavy (non-hydrogen) atoms. The Morgan fingerprint density at radius 1 is 1.22 bits per heavy atom. The molecule has 0 fully saturated rings. The molecule has 4 rings (SSSR count). The van der Waals surface area contributed by atoms with E-state index in [4.69, 9.17) is 16.0 Å². The Labute approximate surface area is 185 Å². The largest absolute Gasteiger partial charge is 0.463 e. The second kappa shape index (κ2) is 8.54. The Balaban J connectivity index is 1.62. The van der Waals surface area contributed by atoms with Crippen LogP contribution in [0.5, 0.6) is 0 Å². The molecule has 0 radical (unpaired) electrons. The Hall–Kier alpha value is -3.53. The summed E-state index contributed by atoms with van der Waals surface area (Å²) in [6, 6.07) is 11.9. The molecule has 0 saturated heterocycles. The Morgan fingerprint density at radius 3 is 2.62 bits per heavy atom. The number of imidazole rings is 1. The number of furan rings is 1.